The fourth-order valence-corrected chi connectivity index (χ4v) is 4.39. The lowest BCUT2D eigenvalue weighted by atomic mass is 10.0. The van der Waals surface area contributed by atoms with Crippen LogP contribution < -0.4 is 10.1 Å². The number of carbonyl (C=O) groups is 1. The lowest BCUT2D eigenvalue weighted by molar-refractivity contribution is -0.274. The van der Waals surface area contributed by atoms with E-state index >= 15 is 0 Å². The van der Waals surface area contributed by atoms with Crippen molar-refractivity contribution in [2.75, 3.05) is 11.5 Å². The minimum Gasteiger partial charge on any atom is -0.406 e. The average molecular weight is 484 g/mol. The SMILES string of the molecule is CC1(NC(=O)c2cnc3c(c2)c(C(C)(C)O)nn3-c2cc(OC(F)(F)F)ccc2F)CSC1. The number of nitrogens with zero attached hydrogens (tertiary/aromatic N) is 3. The van der Waals surface area contributed by atoms with E-state index in [9.17, 15) is 27.5 Å². The molecule has 1 aliphatic rings. The summed E-state index contributed by atoms with van der Waals surface area (Å²) >= 11 is 1.70. The largest absolute Gasteiger partial charge is 0.573 e. The Hall–Kier alpha value is -2.86. The molecule has 7 nitrogen and oxygen atoms in total. The molecule has 2 N–H and O–H groups in total. The molecule has 1 saturated heterocycles. The maximum absolute atomic E-state index is 14.6. The fourth-order valence-electron chi connectivity index (χ4n) is 3.42. The third-order valence-corrected chi connectivity index (χ3v) is 6.68. The Morgan fingerprint density at radius 2 is 1.97 bits per heavy atom. The van der Waals surface area contributed by atoms with Crippen LogP contribution in [0.3, 0.4) is 0 Å². The summed E-state index contributed by atoms with van der Waals surface area (Å²) < 4.78 is 57.4. The van der Waals surface area contributed by atoms with E-state index in [0.29, 0.717) is 0 Å². The molecule has 1 amide bonds. The third-order valence-electron chi connectivity index (χ3n) is 5.00. The van der Waals surface area contributed by atoms with Gasteiger partial charge < -0.3 is 15.2 Å². The molecule has 33 heavy (non-hydrogen) atoms. The second-order valence-electron chi connectivity index (χ2n) is 8.58. The molecule has 0 atom stereocenters. The maximum atomic E-state index is 14.6. The number of pyridine rings is 1. The van der Waals surface area contributed by atoms with Gasteiger partial charge in [0.25, 0.3) is 5.91 Å². The summed E-state index contributed by atoms with van der Waals surface area (Å²) in [5.41, 5.74) is -1.87. The molecule has 0 spiro atoms. The van der Waals surface area contributed by atoms with Gasteiger partial charge in [0.15, 0.2) is 5.65 Å². The number of nitrogens with one attached hydrogen (secondary N) is 1. The second-order valence-corrected chi connectivity index (χ2v) is 9.57. The highest BCUT2D eigenvalue weighted by molar-refractivity contribution is 8.00. The van der Waals surface area contributed by atoms with Crippen LogP contribution in [0.25, 0.3) is 16.7 Å². The standard InChI is InChI=1S/C21H20F4N4O3S/c1-19(2,31)16-13-6-11(18(30)27-20(3)9-33-10-20)8-26-17(13)29(28-16)15-7-12(4-5-14(15)22)32-21(23,24)25/h4-8,31H,9-10H2,1-3H3,(H,27,30). The summed E-state index contributed by atoms with van der Waals surface area (Å²) in [5.74, 6) is -0.341. The van der Waals surface area contributed by atoms with E-state index in [1.165, 1.54) is 26.1 Å². The lowest BCUT2D eigenvalue weighted by Crippen LogP contribution is -2.55. The molecule has 0 aliphatic carbocycles. The van der Waals surface area contributed by atoms with E-state index in [2.05, 4.69) is 20.1 Å². The monoisotopic (exact) mass is 484 g/mol. The van der Waals surface area contributed by atoms with Gasteiger partial charge in [0.1, 0.15) is 28.5 Å². The number of amides is 1. The van der Waals surface area contributed by atoms with Crippen molar-refractivity contribution in [3.63, 3.8) is 0 Å². The molecule has 0 radical (unpaired) electrons. The summed E-state index contributed by atoms with van der Waals surface area (Å²) in [4.78, 5) is 17.0. The molecule has 3 heterocycles. The normalized spacial score (nSPS) is 15.9. The summed E-state index contributed by atoms with van der Waals surface area (Å²) in [6, 6.07) is 3.95. The number of halogens is 4. The zero-order valence-electron chi connectivity index (χ0n) is 17.8. The molecule has 0 unspecified atom stereocenters. The number of aromatic nitrogens is 3. The molecule has 1 fully saturated rings. The molecular weight excluding hydrogens is 464 g/mol. The minimum absolute atomic E-state index is 0.0529. The number of aliphatic hydroxyl groups is 1. The van der Waals surface area contributed by atoms with Crippen molar-refractivity contribution in [3.8, 4) is 11.4 Å². The molecule has 1 aromatic carbocycles. The maximum Gasteiger partial charge on any atom is 0.573 e. The summed E-state index contributed by atoms with van der Waals surface area (Å²) in [7, 11) is 0. The number of benzene rings is 1. The van der Waals surface area contributed by atoms with Crippen LogP contribution in [0.2, 0.25) is 0 Å². The Bertz CT molecular complexity index is 1230. The number of carbonyl (C=O) groups excluding carboxylic acids is 1. The molecule has 4 rings (SSSR count). The molecule has 1 aliphatic heterocycles. The Morgan fingerprint density at radius 3 is 2.55 bits per heavy atom. The van der Waals surface area contributed by atoms with E-state index in [1.807, 2.05) is 6.92 Å². The topological polar surface area (TPSA) is 89.3 Å². The predicted octanol–water partition coefficient (Wildman–Crippen LogP) is 3.92. The quantitative estimate of drug-likeness (QED) is 0.534. The van der Waals surface area contributed by atoms with Crippen molar-refractivity contribution < 1.29 is 32.2 Å². The van der Waals surface area contributed by atoms with E-state index in [-0.39, 0.29) is 39.4 Å². The van der Waals surface area contributed by atoms with Gasteiger partial charge in [-0.15, -0.1) is 13.2 Å². The molecule has 176 valence electrons. The van der Waals surface area contributed by atoms with Crippen molar-refractivity contribution in [1.29, 1.82) is 0 Å². The van der Waals surface area contributed by atoms with E-state index in [0.717, 1.165) is 34.4 Å². The van der Waals surface area contributed by atoms with Crippen molar-refractivity contribution in [3.05, 3.63) is 47.5 Å². The minimum atomic E-state index is -4.96. The Labute approximate surface area is 190 Å². The Kier molecular flexibility index (Phi) is 5.56. The number of rotatable bonds is 5. The molecular formula is C21H20F4N4O3S. The van der Waals surface area contributed by atoms with Crippen LogP contribution in [0.15, 0.2) is 30.5 Å². The van der Waals surface area contributed by atoms with Crippen LogP contribution >= 0.6 is 11.8 Å². The van der Waals surface area contributed by atoms with Gasteiger partial charge in [0, 0.05) is 29.2 Å². The first kappa shape index (κ1) is 23.3. The van der Waals surface area contributed by atoms with Crippen molar-refractivity contribution >= 4 is 28.7 Å². The van der Waals surface area contributed by atoms with Crippen molar-refractivity contribution in [1.82, 2.24) is 20.1 Å². The van der Waals surface area contributed by atoms with Gasteiger partial charge in [-0.05, 0) is 39.0 Å². The summed E-state index contributed by atoms with van der Waals surface area (Å²) in [6.45, 7) is 4.81. The molecule has 3 aromatic rings. The highest BCUT2D eigenvalue weighted by Crippen LogP contribution is 2.33. The van der Waals surface area contributed by atoms with Gasteiger partial charge in [-0.1, -0.05) is 0 Å². The third kappa shape index (κ3) is 4.76. The Morgan fingerprint density at radius 1 is 1.27 bits per heavy atom. The average Bonchev–Trinajstić information content (AvgIpc) is 3.06. The van der Waals surface area contributed by atoms with Crippen LogP contribution in [-0.4, -0.2) is 49.2 Å². The van der Waals surface area contributed by atoms with Crippen LogP contribution in [0.4, 0.5) is 17.6 Å². The first-order valence-electron chi connectivity index (χ1n) is 9.83. The van der Waals surface area contributed by atoms with Crippen LogP contribution in [0, 0.1) is 5.82 Å². The number of hydrogen-bond donors (Lipinski definition) is 2. The molecule has 0 bridgehead atoms. The van der Waals surface area contributed by atoms with Crippen molar-refractivity contribution in [2.45, 2.75) is 38.3 Å². The van der Waals surface area contributed by atoms with Gasteiger partial charge in [-0.25, -0.2) is 14.1 Å². The summed E-state index contributed by atoms with van der Waals surface area (Å²) in [5, 5.41) is 18.0. The first-order chi connectivity index (χ1) is 15.3. The van der Waals surface area contributed by atoms with Crippen LogP contribution in [-0.2, 0) is 5.60 Å². The van der Waals surface area contributed by atoms with Gasteiger partial charge in [-0.2, -0.15) is 16.9 Å². The fraction of sp³-hybridized carbons (Fsp3) is 0.381. The highest BCUT2D eigenvalue weighted by atomic mass is 32.2. The lowest BCUT2D eigenvalue weighted by Gasteiger charge is -2.38. The molecule has 12 heteroatoms. The van der Waals surface area contributed by atoms with Gasteiger partial charge >= 0.3 is 6.36 Å². The molecule has 0 saturated carbocycles. The number of ether oxygens (including phenoxy) is 1. The van der Waals surface area contributed by atoms with Crippen LogP contribution in [0.5, 0.6) is 5.75 Å². The second kappa shape index (κ2) is 7.87. The van der Waals surface area contributed by atoms with Crippen LogP contribution in [0.1, 0.15) is 36.8 Å². The molecule has 2 aromatic heterocycles. The number of thioether (sulfide) groups is 1. The summed E-state index contributed by atoms with van der Waals surface area (Å²) in [6.07, 6.45) is -3.69. The highest BCUT2D eigenvalue weighted by Gasteiger charge is 2.35. The zero-order chi connectivity index (χ0) is 24.2. The number of alkyl halides is 3. The number of fused-ring (bicyclic) bond motifs is 1. The van der Waals surface area contributed by atoms with E-state index in [4.69, 9.17) is 0 Å². The Balaban J connectivity index is 1.82. The first-order valence-corrected chi connectivity index (χ1v) is 11.0. The predicted molar refractivity (Wildman–Crippen MR) is 114 cm³/mol. The van der Waals surface area contributed by atoms with Crippen molar-refractivity contribution in [2.24, 2.45) is 0 Å². The van der Waals surface area contributed by atoms with Gasteiger partial charge in [0.2, 0.25) is 0 Å². The number of hydrogen-bond acceptors (Lipinski definition) is 6. The van der Waals surface area contributed by atoms with Gasteiger partial charge in [-0.3, -0.25) is 4.79 Å². The van der Waals surface area contributed by atoms with E-state index < -0.39 is 23.5 Å². The van der Waals surface area contributed by atoms with Gasteiger partial charge in [0.05, 0.1) is 11.1 Å². The smallest absolute Gasteiger partial charge is 0.406 e. The van der Waals surface area contributed by atoms with E-state index in [1.54, 1.807) is 11.8 Å². The zero-order valence-corrected chi connectivity index (χ0v) is 18.6.